The molecule has 3 aromatic rings. The van der Waals surface area contributed by atoms with E-state index in [1.165, 1.54) is 19.4 Å². The lowest BCUT2D eigenvalue weighted by Gasteiger charge is -2.19. The van der Waals surface area contributed by atoms with Crippen molar-refractivity contribution in [3.05, 3.63) is 36.0 Å². The number of alkyl halides is 2. The first-order valence-electron chi connectivity index (χ1n) is 9.18. The molecule has 0 unspecified atom stereocenters. The van der Waals surface area contributed by atoms with Gasteiger partial charge < -0.3 is 14.8 Å². The van der Waals surface area contributed by atoms with Crippen LogP contribution in [0.1, 0.15) is 34.9 Å². The van der Waals surface area contributed by atoms with Gasteiger partial charge >= 0.3 is 0 Å². The lowest BCUT2D eigenvalue weighted by Crippen LogP contribution is -2.16. The fraction of sp³-hybridized carbons (Fsp3) is 0.444. The van der Waals surface area contributed by atoms with Crippen LogP contribution in [0, 0.1) is 0 Å². The molecule has 1 N–H and O–H groups in total. The summed E-state index contributed by atoms with van der Waals surface area (Å²) in [5.74, 6) is 0.241. The van der Waals surface area contributed by atoms with E-state index in [0.29, 0.717) is 24.8 Å². The summed E-state index contributed by atoms with van der Waals surface area (Å²) >= 11 is 0. The standard InChI is InChI=1S/C18H20F2N6O3/c1-28-18-16-21-13(11-3-6-29-7-4-11)8-25(16)10-15(23-18)22-17(27)12-2-5-26(24-12)9-14(19)20/h2,5,8,10-11,14H,3-4,6-7,9H2,1H3,(H,22,27). The number of ether oxygens (including phenoxy) is 2. The van der Waals surface area contributed by atoms with Crippen molar-refractivity contribution >= 4 is 17.4 Å². The van der Waals surface area contributed by atoms with Crippen LogP contribution in [0.5, 0.6) is 5.88 Å². The van der Waals surface area contributed by atoms with Crippen LogP contribution < -0.4 is 10.1 Å². The Bertz CT molecular complexity index is 1010. The van der Waals surface area contributed by atoms with Gasteiger partial charge in [0.2, 0.25) is 5.65 Å². The zero-order valence-corrected chi connectivity index (χ0v) is 15.7. The molecule has 154 valence electrons. The SMILES string of the molecule is COc1nc(NC(=O)c2ccn(CC(F)F)n2)cn2cc(C3CCOCC3)nc12. The molecule has 1 aliphatic heterocycles. The number of rotatable bonds is 6. The molecule has 4 rings (SSSR count). The van der Waals surface area contributed by atoms with Crippen molar-refractivity contribution in [1.82, 2.24) is 24.1 Å². The molecular weight excluding hydrogens is 386 g/mol. The highest BCUT2D eigenvalue weighted by atomic mass is 19.3. The Morgan fingerprint density at radius 1 is 1.34 bits per heavy atom. The fourth-order valence-electron chi connectivity index (χ4n) is 3.28. The van der Waals surface area contributed by atoms with Gasteiger partial charge in [0.05, 0.1) is 19.0 Å². The van der Waals surface area contributed by atoms with Crippen LogP contribution in [0.4, 0.5) is 14.6 Å². The van der Waals surface area contributed by atoms with Gasteiger partial charge in [-0.3, -0.25) is 13.9 Å². The van der Waals surface area contributed by atoms with E-state index < -0.39 is 18.9 Å². The molecule has 4 heterocycles. The molecule has 0 atom stereocenters. The Morgan fingerprint density at radius 3 is 2.86 bits per heavy atom. The van der Waals surface area contributed by atoms with E-state index in [1.807, 2.05) is 6.20 Å². The molecule has 11 heteroatoms. The number of nitrogens with one attached hydrogen (secondary N) is 1. The quantitative estimate of drug-likeness (QED) is 0.675. The predicted octanol–water partition coefficient (Wildman–Crippen LogP) is 2.35. The molecule has 1 amide bonds. The first kappa shape index (κ1) is 19.2. The summed E-state index contributed by atoms with van der Waals surface area (Å²) in [5, 5.41) is 6.47. The Hall–Kier alpha value is -3.08. The number of carbonyl (C=O) groups is 1. The van der Waals surface area contributed by atoms with Crippen molar-refractivity contribution < 1.29 is 23.0 Å². The van der Waals surface area contributed by atoms with Crippen molar-refractivity contribution in [3.8, 4) is 5.88 Å². The third-order valence-electron chi connectivity index (χ3n) is 4.70. The number of anilines is 1. The summed E-state index contributed by atoms with van der Waals surface area (Å²) < 4.78 is 38.4. The van der Waals surface area contributed by atoms with E-state index in [9.17, 15) is 13.6 Å². The number of amides is 1. The van der Waals surface area contributed by atoms with Crippen LogP contribution in [-0.2, 0) is 11.3 Å². The molecule has 0 saturated carbocycles. The average Bonchev–Trinajstić information content (AvgIpc) is 3.34. The van der Waals surface area contributed by atoms with Gasteiger partial charge in [0.25, 0.3) is 18.2 Å². The summed E-state index contributed by atoms with van der Waals surface area (Å²) in [6.07, 6.45) is 4.08. The number of fused-ring (bicyclic) bond motifs is 1. The molecule has 1 saturated heterocycles. The maximum atomic E-state index is 12.4. The van der Waals surface area contributed by atoms with Gasteiger partial charge in [0.15, 0.2) is 11.5 Å². The van der Waals surface area contributed by atoms with E-state index in [0.717, 1.165) is 23.2 Å². The number of aromatic nitrogens is 5. The Kier molecular flexibility index (Phi) is 5.38. The van der Waals surface area contributed by atoms with E-state index >= 15 is 0 Å². The summed E-state index contributed by atoms with van der Waals surface area (Å²) in [4.78, 5) is 21.3. The van der Waals surface area contributed by atoms with E-state index in [-0.39, 0.29) is 17.4 Å². The Labute approximate surface area is 164 Å². The van der Waals surface area contributed by atoms with Crippen LogP contribution in [0.25, 0.3) is 5.65 Å². The monoisotopic (exact) mass is 406 g/mol. The van der Waals surface area contributed by atoms with Gasteiger partial charge in [0.1, 0.15) is 6.54 Å². The zero-order chi connectivity index (χ0) is 20.4. The Balaban J connectivity index is 1.57. The number of methoxy groups -OCH3 is 1. The number of hydrogen-bond donors (Lipinski definition) is 1. The second kappa shape index (κ2) is 8.11. The molecule has 0 radical (unpaired) electrons. The van der Waals surface area contributed by atoms with Crippen LogP contribution in [0.15, 0.2) is 24.7 Å². The van der Waals surface area contributed by atoms with Crippen LogP contribution in [0.3, 0.4) is 0 Å². The predicted molar refractivity (Wildman–Crippen MR) is 98.5 cm³/mol. The van der Waals surface area contributed by atoms with Gasteiger partial charge in [-0.25, -0.2) is 13.8 Å². The minimum absolute atomic E-state index is 0.0139. The smallest absolute Gasteiger partial charge is 0.277 e. The van der Waals surface area contributed by atoms with Crippen LogP contribution in [-0.4, -0.2) is 56.8 Å². The molecule has 0 aliphatic carbocycles. The molecule has 0 aromatic carbocycles. The molecule has 0 bridgehead atoms. The number of carbonyl (C=O) groups excluding carboxylic acids is 1. The van der Waals surface area contributed by atoms with Crippen LogP contribution in [0.2, 0.25) is 0 Å². The fourth-order valence-corrected chi connectivity index (χ4v) is 3.28. The van der Waals surface area contributed by atoms with E-state index in [2.05, 4.69) is 20.4 Å². The maximum absolute atomic E-state index is 12.4. The summed E-state index contributed by atoms with van der Waals surface area (Å²) in [6, 6.07) is 1.37. The average molecular weight is 406 g/mol. The topological polar surface area (TPSA) is 95.6 Å². The van der Waals surface area contributed by atoms with Gasteiger partial charge in [-0.2, -0.15) is 10.1 Å². The summed E-state index contributed by atoms with van der Waals surface area (Å²) in [7, 11) is 1.47. The number of hydrogen-bond acceptors (Lipinski definition) is 6. The zero-order valence-electron chi connectivity index (χ0n) is 15.7. The minimum atomic E-state index is -2.55. The first-order chi connectivity index (χ1) is 14.0. The normalized spacial score (nSPS) is 15.2. The second-order valence-electron chi connectivity index (χ2n) is 6.69. The third kappa shape index (κ3) is 4.19. The van der Waals surface area contributed by atoms with Crippen molar-refractivity contribution in [2.45, 2.75) is 31.7 Å². The molecule has 1 fully saturated rings. The number of imidazole rings is 1. The van der Waals surface area contributed by atoms with Crippen LogP contribution >= 0.6 is 0 Å². The summed E-state index contributed by atoms with van der Waals surface area (Å²) in [6.45, 7) is 0.830. The lowest BCUT2D eigenvalue weighted by atomic mass is 9.97. The minimum Gasteiger partial charge on any atom is -0.478 e. The number of nitrogens with zero attached hydrogens (tertiary/aromatic N) is 5. The highest BCUT2D eigenvalue weighted by Gasteiger charge is 2.21. The van der Waals surface area contributed by atoms with Gasteiger partial charge in [-0.1, -0.05) is 0 Å². The molecule has 9 nitrogen and oxygen atoms in total. The van der Waals surface area contributed by atoms with E-state index in [1.54, 1.807) is 10.6 Å². The maximum Gasteiger partial charge on any atom is 0.277 e. The second-order valence-corrected chi connectivity index (χ2v) is 6.69. The van der Waals surface area contributed by atoms with Gasteiger partial charge in [0, 0.05) is 31.5 Å². The third-order valence-corrected chi connectivity index (χ3v) is 4.70. The van der Waals surface area contributed by atoms with Crippen molar-refractivity contribution in [2.24, 2.45) is 0 Å². The molecule has 29 heavy (non-hydrogen) atoms. The highest BCUT2D eigenvalue weighted by Crippen LogP contribution is 2.28. The van der Waals surface area contributed by atoms with Gasteiger partial charge in [-0.05, 0) is 18.9 Å². The largest absolute Gasteiger partial charge is 0.478 e. The van der Waals surface area contributed by atoms with E-state index in [4.69, 9.17) is 9.47 Å². The first-order valence-corrected chi connectivity index (χ1v) is 9.18. The van der Waals surface area contributed by atoms with Gasteiger partial charge in [-0.15, -0.1) is 0 Å². The lowest BCUT2D eigenvalue weighted by molar-refractivity contribution is 0.0846. The molecule has 0 spiro atoms. The van der Waals surface area contributed by atoms with Crippen molar-refractivity contribution in [1.29, 1.82) is 0 Å². The van der Waals surface area contributed by atoms with Crippen molar-refractivity contribution in [2.75, 3.05) is 25.6 Å². The highest BCUT2D eigenvalue weighted by molar-refractivity contribution is 6.02. The molecule has 3 aromatic heterocycles. The molecule has 1 aliphatic rings. The Morgan fingerprint density at radius 2 is 2.14 bits per heavy atom. The molecular formula is C18H20F2N6O3. The summed E-state index contributed by atoms with van der Waals surface area (Å²) in [5.41, 5.74) is 1.48. The van der Waals surface area contributed by atoms with Crippen molar-refractivity contribution in [3.63, 3.8) is 0 Å². The number of halogens is 2.